The Balaban J connectivity index is 2.03. The summed E-state index contributed by atoms with van der Waals surface area (Å²) >= 11 is 0. The summed E-state index contributed by atoms with van der Waals surface area (Å²) in [5, 5.41) is 1.26. The molecule has 0 atom stereocenters. The number of hydrogen-bond donors (Lipinski definition) is 0. The maximum absolute atomic E-state index is 4.25. The van der Waals surface area contributed by atoms with E-state index in [1.54, 1.807) is 12.4 Å². The Hall–Kier alpha value is -2.16. The minimum absolute atomic E-state index is 0.716. The van der Waals surface area contributed by atoms with Crippen LogP contribution in [0.2, 0.25) is 0 Å². The largest absolute Gasteiger partial charge is 0.340 e. The van der Waals surface area contributed by atoms with Gasteiger partial charge in [0.25, 0.3) is 0 Å². The van der Waals surface area contributed by atoms with Gasteiger partial charge in [-0.15, -0.1) is 0 Å². The SMILES string of the molecule is Cc1ccc2ccn(Cc3ncccn3)c2c1. The quantitative estimate of drug-likeness (QED) is 0.668. The molecule has 0 amide bonds. The van der Waals surface area contributed by atoms with Crippen molar-refractivity contribution in [2.24, 2.45) is 0 Å². The van der Waals surface area contributed by atoms with Gasteiger partial charge in [0.2, 0.25) is 0 Å². The van der Waals surface area contributed by atoms with Crippen molar-refractivity contribution in [3.05, 3.63) is 60.3 Å². The van der Waals surface area contributed by atoms with Crippen molar-refractivity contribution in [3.8, 4) is 0 Å². The normalized spacial score (nSPS) is 10.9. The second-order valence-electron chi connectivity index (χ2n) is 4.17. The maximum Gasteiger partial charge on any atom is 0.147 e. The molecule has 0 radical (unpaired) electrons. The molecule has 84 valence electrons. The summed E-state index contributed by atoms with van der Waals surface area (Å²) in [5.41, 5.74) is 2.50. The first-order valence-corrected chi connectivity index (χ1v) is 5.64. The molecule has 0 saturated heterocycles. The van der Waals surface area contributed by atoms with Crippen molar-refractivity contribution in [2.45, 2.75) is 13.5 Å². The first kappa shape index (κ1) is 10.0. The van der Waals surface area contributed by atoms with E-state index < -0.39 is 0 Å². The van der Waals surface area contributed by atoms with Crippen molar-refractivity contribution < 1.29 is 0 Å². The van der Waals surface area contributed by atoms with Crippen LogP contribution in [-0.2, 0) is 6.54 Å². The Kier molecular flexibility index (Phi) is 2.37. The molecule has 2 heterocycles. The predicted molar refractivity (Wildman–Crippen MR) is 67.8 cm³/mol. The standard InChI is InChI=1S/C14H13N3/c1-11-3-4-12-5-8-17(13(12)9-11)10-14-15-6-2-7-16-14/h2-9H,10H2,1H3. The first-order valence-electron chi connectivity index (χ1n) is 5.64. The van der Waals surface area contributed by atoms with E-state index in [2.05, 4.69) is 51.9 Å². The van der Waals surface area contributed by atoms with E-state index in [0.29, 0.717) is 6.54 Å². The van der Waals surface area contributed by atoms with Crippen molar-refractivity contribution >= 4 is 10.9 Å². The van der Waals surface area contributed by atoms with Gasteiger partial charge < -0.3 is 4.57 Å². The molecule has 3 aromatic rings. The van der Waals surface area contributed by atoms with Gasteiger partial charge in [-0.2, -0.15) is 0 Å². The predicted octanol–water partition coefficient (Wildman–Crippen LogP) is 2.79. The highest BCUT2D eigenvalue weighted by atomic mass is 15.0. The van der Waals surface area contributed by atoms with Gasteiger partial charge in [0.15, 0.2) is 0 Å². The molecule has 3 nitrogen and oxygen atoms in total. The van der Waals surface area contributed by atoms with Gasteiger partial charge in [0.05, 0.1) is 6.54 Å². The fourth-order valence-electron chi connectivity index (χ4n) is 2.00. The molecule has 17 heavy (non-hydrogen) atoms. The topological polar surface area (TPSA) is 30.7 Å². The second-order valence-corrected chi connectivity index (χ2v) is 4.17. The molecule has 0 aliphatic rings. The van der Waals surface area contributed by atoms with E-state index in [4.69, 9.17) is 0 Å². The number of benzene rings is 1. The zero-order valence-electron chi connectivity index (χ0n) is 9.67. The summed E-state index contributed by atoms with van der Waals surface area (Å²) in [6.45, 7) is 2.82. The Labute approximate surface area is 99.8 Å². The van der Waals surface area contributed by atoms with Gasteiger partial charge in [0.1, 0.15) is 5.82 Å². The highest BCUT2D eigenvalue weighted by Gasteiger charge is 2.03. The van der Waals surface area contributed by atoms with Crippen molar-refractivity contribution in [2.75, 3.05) is 0 Å². The fraction of sp³-hybridized carbons (Fsp3) is 0.143. The van der Waals surface area contributed by atoms with Crippen LogP contribution in [0.3, 0.4) is 0 Å². The van der Waals surface area contributed by atoms with Crippen molar-refractivity contribution in [1.29, 1.82) is 0 Å². The third-order valence-electron chi connectivity index (χ3n) is 2.86. The van der Waals surface area contributed by atoms with Crippen molar-refractivity contribution in [1.82, 2.24) is 14.5 Å². The minimum Gasteiger partial charge on any atom is -0.340 e. The number of aromatic nitrogens is 3. The molecule has 0 spiro atoms. The lowest BCUT2D eigenvalue weighted by Crippen LogP contribution is -2.02. The molecule has 0 aliphatic carbocycles. The number of aryl methyl sites for hydroxylation is 1. The molecular formula is C14H13N3. The smallest absolute Gasteiger partial charge is 0.147 e. The van der Waals surface area contributed by atoms with Crippen LogP contribution in [0.25, 0.3) is 10.9 Å². The number of rotatable bonds is 2. The zero-order chi connectivity index (χ0) is 11.7. The van der Waals surface area contributed by atoms with Crippen LogP contribution in [-0.4, -0.2) is 14.5 Å². The van der Waals surface area contributed by atoms with Gasteiger partial charge >= 0.3 is 0 Å². The molecule has 0 unspecified atom stereocenters. The van der Waals surface area contributed by atoms with E-state index >= 15 is 0 Å². The van der Waals surface area contributed by atoms with Gasteiger partial charge in [-0.1, -0.05) is 12.1 Å². The Morgan fingerprint density at radius 2 is 1.94 bits per heavy atom. The maximum atomic E-state index is 4.25. The lowest BCUT2D eigenvalue weighted by molar-refractivity contribution is 0.771. The molecule has 0 N–H and O–H groups in total. The minimum atomic E-state index is 0.716. The average molecular weight is 223 g/mol. The van der Waals surface area contributed by atoms with Gasteiger partial charge in [-0.05, 0) is 36.1 Å². The molecule has 0 bridgehead atoms. The van der Waals surface area contributed by atoms with Crippen LogP contribution >= 0.6 is 0 Å². The monoisotopic (exact) mass is 223 g/mol. The third-order valence-corrected chi connectivity index (χ3v) is 2.86. The molecule has 3 heteroatoms. The lowest BCUT2D eigenvalue weighted by atomic mass is 10.2. The number of nitrogens with zero attached hydrogens (tertiary/aromatic N) is 3. The number of fused-ring (bicyclic) bond motifs is 1. The van der Waals surface area contributed by atoms with Crippen LogP contribution in [0.15, 0.2) is 48.9 Å². The van der Waals surface area contributed by atoms with Crippen LogP contribution in [0.1, 0.15) is 11.4 Å². The molecule has 0 saturated carbocycles. The fourth-order valence-corrected chi connectivity index (χ4v) is 2.00. The van der Waals surface area contributed by atoms with E-state index in [9.17, 15) is 0 Å². The summed E-state index contributed by atoms with van der Waals surface area (Å²) < 4.78 is 2.18. The summed E-state index contributed by atoms with van der Waals surface area (Å²) in [7, 11) is 0. The summed E-state index contributed by atoms with van der Waals surface area (Å²) in [4.78, 5) is 8.50. The van der Waals surface area contributed by atoms with Crippen LogP contribution in [0, 0.1) is 6.92 Å². The third kappa shape index (κ3) is 1.91. The molecule has 0 fully saturated rings. The van der Waals surface area contributed by atoms with Crippen LogP contribution in [0.5, 0.6) is 0 Å². The molecule has 3 rings (SSSR count). The Morgan fingerprint density at radius 1 is 1.12 bits per heavy atom. The molecule has 2 aromatic heterocycles. The highest BCUT2D eigenvalue weighted by Crippen LogP contribution is 2.17. The number of hydrogen-bond acceptors (Lipinski definition) is 2. The Morgan fingerprint density at radius 3 is 2.76 bits per heavy atom. The second kappa shape index (κ2) is 4.01. The molecule has 0 aliphatic heterocycles. The van der Waals surface area contributed by atoms with Gasteiger partial charge in [-0.25, -0.2) is 9.97 Å². The summed E-state index contributed by atoms with van der Waals surface area (Å²) in [5.74, 6) is 0.839. The highest BCUT2D eigenvalue weighted by molar-refractivity contribution is 5.80. The van der Waals surface area contributed by atoms with Crippen molar-refractivity contribution in [3.63, 3.8) is 0 Å². The van der Waals surface area contributed by atoms with E-state index in [-0.39, 0.29) is 0 Å². The van der Waals surface area contributed by atoms with E-state index in [1.807, 2.05) is 6.07 Å². The molecule has 1 aromatic carbocycles. The Bertz CT molecular complexity index is 641. The lowest BCUT2D eigenvalue weighted by Gasteiger charge is -2.04. The first-order chi connectivity index (χ1) is 8.33. The van der Waals surface area contributed by atoms with Crippen LogP contribution < -0.4 is 0 Å². The van der Waals surface area contributed by atoms with Gasteiger partial charge in [-0.3, -0.25) is 0 Å². The summed E-state index contributed by atoms with van der Waals surface area (Å²) in [6, 6.07) is 10.4. The van der Waals surface area contributed by atoms with Gasteiger partial charge in [0, 0.05) is 24.1 Å². The summed E-state index contributed by atoms with van der Waals surface area (Å²) in [6.07, 6.45) is 5.64. The zero-order valence-corrected chi connectivity index (χ0v) is 9.67. The average Bonchev–Trinajstić information content (AvgIpc) is 2.73. The van der Waals surface area contributed by atoms with Crippen LogP contribution in [0.4, 0.5) is 0 Å². The van der Waals surface area contributed by atoms with E-state index in [0.717, 1.165) is 5.82 Å². The van der Waals surface area contributed by atoms with E-state index in [1.165, 1.54) is 16.5 Å². The molecular weight excluding hydrogens is 210 g/mol.